The van der Waals surface area contributed by atoms with Gasteiger partial charge >= 0.3 is 12.4 Å². The number of amides is 2. The Kier molecular flexibility index (Phi) is 5.81. The number of hydrogen-bond acceptors (Lipinski definition) is 4. The molecule has 0 saturated carbocycles. The molecule has 2 aromatic carbocycles. The number of halogens is 3. The Hall–Kier alpha value is -3.10. The summed E-state index contributed by atoms with van der Waals surface area (Å²) in [7, 11) is 1.62. The quantitative estimate of drug-likeness (QED) is 0.840. The van der Waals surface area contributed by atoms with Gasteiger partial charge in [-0.1, -0.05) is 24.3 Å². The molecule has 1 aliphatic heterocycles. The van der Waals surface area contributed by atoms with Crippen LogP contribution in [-0.2, 0) is 6.54 Å². The Morgan fingerprint density at radius 3 is 2.54 bits per heavy atom. The van der Waals surface area contributed by atoms with Gasteiger partial charge in [-0.15, -0.1) is 13.2 Å². The Balaban J connectivity index is 1.46. The minimum absolute atomic E-state index is 0.167. The third kappa shape index (κ3) is 5.45. The fraction of sp³-hybridized carbons (Fsp3) is 0.316. The molecule has 9 heteroatoms. The molecule has 1 aliphatic rings. The van der Waals surface area contributed by atoms with Crippen molar-refractivity contribution < 1.29 is 32.2 Å². The molecule has 2 amide bonds. The Bertz CT molecular complexity index is 812. The molecular formula is C19H19F3N2O4. The zero-order chi connectivity index (χ0) is 20.1. The molecule has 0 aromatic heterocycles. The van der Waals surface area contributed by atoms with Crippen molar-refractivity contribution in [1.29, 1.82) is 0 Å². The molecule has 0 radical (unpaired) electrons. The highest BCUT2D eigenvalue weighted by molar-refractivity contribution is 5.73. The van der Waals surface area contributed by atoms with Gasteiger partial charge in [-0.05, 0) is 29.8 Å². The second kappa shape index (κ2) is 8.28. The van der Waals surface area contributed by atoms with Gasteiger partial charge < -0.3 is 24.4 Å². The molecule has 0 saturated heterocycles. The SMILES string of the molecule is CN(CC1COc2ccccc2O1)C(=O)NCc1ccc(OC(F)(F)F)cc1. The van der Waals surface area contributed by atoms with E-state index in [1.807, 2.05) is 18.2 Å². The van der Waals surface area contributed by atoms with E-state index < -0.39 is 6.36 Å². The lowest BCUT2D eigenvalue weighted by atomic mass is 10.2. The molecule has 6 nitrogen and oxygen atoms in total. The standard InChI is InChI=1S/C19H19F3N2O4/c1-24(11-15-12-26-16-4-2-3-5-17(16)27-15)18(25)23-10-13-6-8-14(9-7-13)28-19(20,21)22/h2-9,15H,10-12H2,1H3,(H,23,25). The largest absolute Gasteiger partial charge is 0.573 e. The molecule has 2 aromatic rings. The Morgan fingerprint density at radius 2 is 1.86 bits per heavy atom. The molecule has 28 heavy (non-hydrogen) atoms. The molecular weight excluding hydrogens is 377 g/mol. The second-order valence-electron chi connectivity index (χ2n) is 6.23. The number of rotatable bonds is 5. The normalized spacial score (nSPS) is 15.6. The zero-order valence-corrected chi connectivity index (χ0v) is 15.0. The van der Waals surface area contributed by atoms with Crippen LogP contribution in [0.1, 0.15) is 5.56 Å². The molecule has 150 valence electrons. The maximum atomic E-state index is 12.2. The number of likely N-dealkylation sites (N-methyl/N-ethyl adjacent to an activating group) is 1. The fourth-order valence-electron chi connectivity index (χ4n) is 2.66. The average molecular weight is 396 g/mol. The van der Waals surface area contributed by atoms with Crippen molar-refractivity contribution >= 4 is 6.03 Å². The summed E-state index contributed by atoms with van der Waals surface area (Å²) in [4.78, 5) is 13.7. The number of benzene rings is 2. The maximum Gasteiger partial charge on any atom is 0.573 e. The van der Waals surface area contributed by atoms with Crippen LogP contribution in [0.3, 0.4) is 0 Å². The van der Waals surface area contributed by atoms with E-state index in [9.17, 15) is 18.0 Å². The van der Waals surface area contributed by atoms with Gasteiger partial charge in [0.2, 0.25) is 0 Å². The van der Waals surface area contributed by atoms with Crippen LogP contribution >= 0.6 is 0 Å². The van der Waals surface area contributed by atoms with E-state index in [4.69, 9.17) is 9.47 Å². The van der Waals surface area contributed by atoms with Crippen molar-refractivity contribution in [3.05, 3.63) is 54.1 Å². The fourth-order valence-corrected chi connectivity index (χ4v) is 2.66. The minimum Gasteiger partial charge on any atom is -0.486 e. The van der Waals surface area contributed by atoms with Gasteiger partial charge in [0.15, 0.2) is 17.6 Å². The summed E-state index contributed by atoms with van der Waals surface area (Å²) < 4.78 is 51.7. The second-order valence-corrected chi connectivity index (χ2v) is 6.23. The van der Waals surface area contributed by atoms with Crippen molar-refractivity contribution in [3.8, 4) is 17.2 Å². The Labute approximate surface area is 159 Å². The summed E-state index contributed by atoms with van der Waals surface area (Å²) in [5, 5.41) is 2.70. The molecule has 1 heterocycles. The highest BCUT2D eigenvalue weighted by Gasteiger charge is 2.31. The predicted octanol–water partition coefficient (Wildman–Crippen LogP) is 3.57. The van der Waals surface area contributed by atoms with Crippen LogP contribution in [0.5, 0.6) is 17.2 Å². The lowest BCUT2D eigenvalue weighted by Crippen LogP contribution is -2.45. The van der Waals surface area contributed by atoms with Gasteiger partial charge in [-0.2, -0.15) is 0 Å². The number of para-hydroxylation sites is 2. The summed E-state index contributed by atoms with van der Waals surface area (Å²) >= 11 is 0. The Morgan fingerprint density at radius 1 is 1.18 bits per heavy atom. The number of urea groups is 1. The van der Waals surface area contributed by atoms with Gasteiger partial charge in [0.25, 0.3) is 0 Å². The van der Waals surface area contributed by atoms with Crippen LogP contribution in [0.25, 0.3) is 0 Å². The van der Waals surface area contributed by atoms with E-state index in [1.54, 1.807) is 13.1 Å². The number of carbonyl (C=O) groups is 1. The van der Waals surface area contributed by atoms with Crippen molar-refractivity contribution in [3.63, 3.8) is 0 Å². The van der Waals surface area contributed by atoms with Gasteiger partial charge in [0, 0.05) is 13.6 Å². The summed E-state index contributed by atoms with van der Waals surface area (Å²) in [5.41, 5.74) is 0.641. The van der Waals surface area contributed by atoms with Gasteiger partial charge in [0.05, 0.1) is 6.54 Å². The highest BCUT2D eigenvalue weighted by Crippen LogP contribution is 2.31. The van der Waals surface area contributed by atoms with Crippen LogP contribution in [0.2, 0.25) is 0 Å². The van der Waals surface area contributed by atoms with Crippen LogP contribution < -0.4 is 19.5 Å². The molecule has 0 bridgehead atoms. The monoisotopic (exact) mass is 396 g/mol. The number of fused-ring (bicyclic) bond motifs is 1. The van der Waals surface area contributed by atoms with E-state index in [0.717, 1.165) is 0 Å². The van der Waals surface area contributed by atoms with Gasteiger partial charge in [0.1, 0.15) is 12.4 Å². The molecule has 0 aliphatic carbocycles. The zero-order valence-electron chi connectivity index (χ0n) is 15.0. The molecule has 0 fully saturated rings. The first kappa shape index (κ1) is 19.7. The number of ether oxygens (including phenoxy) is 3. The van der Waals surface area contributed by atoms with Crippen molar-refractivity contribution in [2.45, 2.75) is 19.0 Å². The summed E-state index contributed by atoms with van der Waals surface area (Å²) in [6, 6.07) is 12.3. The van der Waals surface area contributed by atoms with Crippen LogP contribution in [0.4, 0.5) is 18.0 Å². The van der Waals surface area contributed by atoms with Crippen LogP contribution in [0.15, 0.2) is 48.5 Å². The van der Waals surface area contributed by atoms with E-state index >= 15 is 0 Å². The number of hydrogen-bond donors (Lipinski definition) is 1. The van der Waals surface area contributed by atoms with E-state index in [0.29, 0.717) is 30.2 Å². The van der Waals surface area contributed by atoms with Crippen molar-refractivity contribution in [2.75, 3.05) is 20.2 Å². The predicted molar refractivity (Wildman–Crippen MR) is 94.3 cm³/mol. The summed E-state index contributed by atoms with van der Waals surface area (Å²) in [6.07, 6.45) is -5.03. The van der Waals surface area contributed by atoms with Crippen molar-refractivity contribution in [2.24, 2.45) is 0 Å². The number of alkyl halides is 3. The minimum atomic E-state index is -4.73. The van der Waals surface area contributed by atoms with Gasteiger partial charge in [-0.25, -0.2) is 4.79 Å². The van der Waals surface area contributed by atoms with Crippen molar-refractivity contribution in [1.82, 2.24) is 10.2 Å². The first-order valence-electron chi connectivity index (χ1n) is 8.52. The number of carbonyl (C=O) groups excluding carboxylic acids is 1. The average Bonchev–Trinajstić information content (AvgIpc) is 2.66. The lowest BCUT2D eigenvalue weighted by molar-refractivity contribution is -0.274. The summed E-state index contributed by atoms with van der Waals surface area (Å²) in [5.74, 6) is 0.993. The van der Waals surface area contributed by atoms with Crippen LogP contribution in [0, 0.1) is 0 Å². The smallest absolute Gasteiger partial charge is 0.486 e. The third-order valence-electron chi connectivity index (χ3n) is 3.99. The van der Waals surface area contributed by atoms with Crippen LogP contribution in [-0.4, -0.2) is 43.6 Å². The maximum absolute atomic E-state index is 12.2. The molecule has 1 atom stereocenters. The number of nitrogens with zero attached hydrogens (tertiary/aromatic N) is 1. The molecule has 1 unspecified atom stereocenters. The first-order valence-corrected chi connectivity index (χ1v) is 8.52. The topological polar surface area (TPSA) is 60.0 Å². The lowest BCUT2D eigenvalue weighted by Gasteiger charge is -2.29. The van der Waals surface area contributed by atoms with E-state index in [1.165, 1.54) is 29.2 Å². The summed E-state index contributed by atoms with van der Waals surface area (Å²) in [6.45, 7) is 0.814. The highest BCUT2D eigenvalue weighted by atomic mass is 19.4. The number of nitrogens with one attached hydrogen (secondary N) is 1. The third-order valence-corrected chi connectivity index (χ3v) is 3.99. The van der Waals surface area contributed by atoms with E-state index in [2.05, 4.69) is 10.1 Å². The molecule has 1 N–H and O–H groups in total. The van der Waals surface area contributed by atoms with Gasteiger partial charge in [-0.3, -0.25) is 0 Å². The molecule has 0 spiro atoms. The first-order chi connectivity index (χ1) is 13.3. The molecule has 3 rings (SSSR count). The van der Waals surface area contributed by atoms with E-state index in [-0.39, 0.29) is 24.4 Å².